The summed E-state index contributed by atoms with van der Waals surface area (Å²) in [6.45, 7) is 1.96. The number of rotatable bonds is 2. The van der Waals surface area contributed by atoms with Crippen molar-refractivity contribution in [2.24, 2.45) is 0 Å². The van der Waals surface area contributed by atoms with Crippen molar-refractivity contribution in [1.29, 1.82) is 0 Å². The van der Waals surface area contributed by atoms with E-state index in [-0.39, 0.29) is 0 Å². The number of H-pyrrole nitrogens is 1. The second kappa shape index (κ2) is 3.95. The van der Waals surface area contributed by atoms with Gasteiger partial charge in [-0.1, -0.05) is 11.6 Å². The molecule has 0 amide bonds. The van der Waals surface area contributed by atoms with Gasteiger partial charge in [0.05, 0.1) is 12.1 Å². The van der Waals surface area contributed by atoms with Gasteiger partial charge in [-0.3, -0.25) is 0 Å². The average Bonchev–Trinajstić information content (AvgIpc) is 2.65. The van der Waals surface area contributed by atoms with Crippen LogP contribution in [0, 0.1) is 6.92 Å². The number of benzene rings is 1. The normalized spacial score (nSPS) is 10.3. The van der Waals surface area contributed by atoms with Crippen molar-refractivity contribution >= 4 is 11.6 Å². The highest BCUT2D eigenvalue weighted by Crippen LogP contribution is 2.28. The molecule has 1 heterocycles. The summed E-state index contributed by atoms with van der Waals surface area (Å²) >= 11 is 6.02. The van der Waals surface area contributed by atoms with E-state index in [2.05, 4.69) is 9.97 Å². The molecule has 0 aliphatic heterocycles. The summed E-state index contributed by atoms with van der Waals surface area (Å²) in [5.74, 6) is 1.49. The van der Waals surface area contributed by atoms with Crippen molar-refractivity contribution in [2.75, 3.05) is 7.11 Å². The summed E-state index contributed by atoms with van der Waals surface area (Å²) < 4.78 is 5.08. The van der Waals surface area contributed by atoms with Crippen LogP contribution in [0.15, 0.2) is 24.4 Å². The number of hydrogen-bond donors (Lipinski definition) is 1. The zero-order valence-corrected chi connectivity index (χ0v) is 9.30. The highest BCUT2D eigenvalue weighted by atomic mass is 35.5. The largest absolute Gasteiger partial charge is 0.495 e. The molecule has 0 saturated carbocycles. The number of aromatic nitrogens is 2. The van der Waals surface area contributed by atoms with E-state index >= 15 is 0 Å². The first-order valence-corrected chi connectivity index (χ1v) is 4.94. The van der Waals surface area contributed by atoms with Crippen molar-refractivity contribution in [3.05, 3.63) is 35.1 Å². The van der Waals surface area contributed by atoms with E-state index in [9.17, 15) is 0 Å². The van der Waals surface area contributed by atoms with E-state index in [1.165, 1.54) is 0 Å². The predicted octanol–water partition coefficient (Wildman–Crippen LogP) is 3.05. The van der Waals surface area contributed by atoms with E-state index in [1.807, 2.05) is 25.1 Å². The van der Waals surface area contributed by atoms with Gasteiger partial charge in [0.15, 0.2) is 0 Å². The average molecular weight is 223 g/mol. The number of aryl methyl sites for hydroxylation is 1. The molecule has 1 aromatic carbocycles. The van der Waals surface area contributed by atoms with Crippen LogP contribution in [0.25, 0.3) is 11.4 Å². The molecule has 78 valence electrons. The van der Waals surface area contributed by atoms with E-state index in [4.69, 9.17) is 16.3 Å². The van der Waals surface area contributed by atoms with Crippen molar-refractivity contribution in [2.45, 2.75) is 6.92 Å². The standard InChI is InChI=1S/C11H11ClN2O/c1-7-6-13-11(14-7)8-3-4-10(15-2)9(12)5-8/h3-6H,1-2H3,(H,13,14). The van der Waals surface area contributed by atoms with E-state index in [0.29, 0.717) is 10.8 Å². The lowest BCUT2D eigenvalue weighted by Gasteiger charge is -2.03. The Hall–Kier alpha value is -1.48. The second-order valence-corrected chi connectivity index (χ2v) is 3.67. The Morgan fingerprint density at radius 1 is 1.40 bits per heavy atom. The fraction of sp³-hybridized carbons (Fsp3) is 0.182. The zero-order valence-electron chi connectivity index (χ0n) is 8.54. The highest BCUT2D eigenvalue weighted by molar-refractivity contribution is 6.32. The van der Waals surface area contributed by atoms with Crippen LogP contribution < -0.4 is 4.74 Å². The Morgan fingerprint density at radius 3 is 2.73 bits per heavy atom. The van der Waals surface area contributed by atoms with E-state index < -0.39 is 0 Å². The van der Waals surface area contributed by atoms with Crippen LogP contribution in [0.5, 0.6) is 5.75 Å². The molecule has 0 aliphatic rings. The third-order valence-electron chi connectivity index (χ3n) is 2.13. The second-order valence-electron chi connectivity index (χ2n) is 3.26. The van der Waals surface area contributed by atoms with Gasteiger partial charge in [-0.05, 0) is 25.1 Å². The molecular weight excluding hydrogens is 212 g/mol. The lowest BCUT2D eigenvalue weighted by molar-refractivity contribution is 0.415. The van der Waals surface area contributed by atoms with Gasteiger partial charge in [0, 0.05) is 17.5 Å². The molecule has 15 heavy (non-hydrogen) atoms. The molecule has 0 aliphatic carbocycles. The third kappa shape index (κ3) is 1.97. The van der Waals surface area contributed by atoms with Gasteiger partial charge < -0.3 is 9.72 Å². The molecule has 3 nitrogen and oxygen atoms in total. The number of halogens is 1. The van der Waals surface area contributed by atoms with Crippen LogP contribution in [0.1, 0.15) is 5.69 Å². The molecule has 2 rings (SSSR count). The van der Waals surface area contributed by atoms with Crippen LogP contribution >= 0.6 is 11.6 Å². The molecule has 0 unspecified atom stereocenters. The minimum atomic E-state index is 0.587. The maximum atomic E-state index is 6.02. The van der Waals surface area contributed by atoms with Crippen molar-refractivity contribution in [3.63, 3.8) is 0 Å². The van der Waals surface area contributed by atoms with Gasteiger partial charge in [0.2, 0.25) is 0 Å². The van der Waals surface area contributed by atoms with Gasteiger partial charge in [0.1, 0.15) is 11.6 Å². The monoisotopic (exact) mass is 222 g/mol. The summed E-state index contributed by atoms with van der Waals surface area (Å²) in [7, 11) is 1.60. The van der Waals surface area contributed by atoms with Gasteiger partial charge in [-0.15, -0.1) is 0 Å². The number of imidazole rings is 1. The molecule has 1 aromatic heterocycles. The molecule has 0 radical (unpaired) electrons. The van der Waals surface area contributed by atoms with Crippen LogP contribution in [-0.4, -0.2) is 17.1 Å². The number of aromatic amines is 1. The lowest BCUT2D eigenvalue weighted by atomic mass is 10.2. The molecule has 0 fully saturated rings. The number of ether oxygens (including phenoxy) is 1. The van der Waals surface area contributed by atoms with Crippen molar-refractivity contribution < 1.29 is 4.74 Å². The van der Waals surface area contributed by atoms with Gasteiger partial charge in [0.25, 0.3) is 0 Å². The Labute approximate surface area is 93.1 Å². The summed E-state index contributed by atoms with van der Waals surface area (Å²) in [5.41, 5.74) is 1.98. The zero-order chi connectivity index (χ0) is 10.8. The van der Waals surface area contributed by atoms with Gasteiger partial charge in [-0.2, -0.15) is 0 Å². The molecule has 2 aromatic rings. The topological polar surface area (TPSA) is 37.9 Å². The van der Waals surface area contributed by atoms with E-state index in [1.54, 1.807) is 13.3 Å². The molecule has 0 spiro atoms. The van der Waals surface area contributed by atoms with Crippen molar-refractivity contribution in [3.8, 4) is 17.1 Å². The molecule has 1 N–H and O–H groups in total. The summed E-state index contributed by atoms with van der Waals surface area (Å²) in [4.78, 5) is 7.37. The first-order chi connectivity index (χ1) is 7.20. The van der Waals surface area contributed by atoms with E-state index in [0.717, 1.165) is 17.1 Å². The lowest BCUT2D eigenvalue weighted by Crippen LogP contribution is -1.86. The van der Waals surface area contributed by atoms with Crippen LogP contribution in [0.2, 0.25) is 5.02 Å². The Bertz CT molecular complexity index is 479. The van der Waals surface area contributed by atoms with Crippen LogP contribution in [0.4, 0.5) is 0 Å². The Morgan fingerprint density at radius 2 is 2.20 bits per heavy atom. The number of methoxy groups -OCH3 is 1. The minimum Gasteiger partial charge on any atom is -0.495 e. The fourth-order valence-corrected chi connectivity index (χ4v) is 1.63. The minimum absolute atomic E-state index is 0.587. The van der Waals surface area contributed by atoms with Gasteiger partial charge >= 0.3 is 0 Å². The SMILES string of the molecule is COc1ccc(-c2ncc(C)[nH]2)cc1Cl. The summed E-state index contributed by atoms with van der Waals surface area (Å²) in [5, 5.41) is 0.587. The molecular formula is C11H11ClN2O. The van der Waals surface area contributed by atoms with Gasteiger partial charge in [-0.25, -0.2) is 4.98 Å². The first-order valence-electron chi connectivity index (χ1n) is 4.56. The highest BCUT2D eigenvalue weighted by Gasteiger charge is 2.05. The first kappa shape index (κ1) is 10.1. The smallest absolute Gasteiger partial charge is 0.137 e. The quantitative estimate of drug-likeness (QED) is 0.848. The summed E-state index contributed by atoms with van der Waals surface area (Å²) in [6.07, 6.45) is 1.79. The summed E-state index contributed by atoms with van der Waals surface area (Å²) in [6, 6.07) is 5.58. The maximum absolute atomic E-state index is 6.02. The predicted molar refractivity (Wildman–Crippen MR) is 60.3 cm³/mol. The molecule has 0 bridgehead atoms. The third-order valence-corrected chi connectivity index (χ3v) is 2.42. The van der Waals surface area contributed by atoms with Crippen molar-refractivity contribution in [1.82, 2.24) is 9.97 Å². The fourth-order valence-electron chi connectivity index (χ4n) is 1.37. The molecule has 4 heteroatoms. The molecule has 0 atom stereocenters. The molecule has 0 saturated heterocycles. The maximum Gasteiger partial charge on any atom is 0.137 e. The number of hydrogen-bond acceptors (Lipinski definition) is 2. The Balaban J connectivity index is 2.42. The number of nitrogens with one attached hydrogen (secondary N) is 1. The van der Waals surface area contributed by atoms with Crippen LogP contribution in [-0.2, 0) is 0 Å². The van der Waals surface area contributed by atoms with Crippen LogP contribution in [0.3, 0.4) is 0 Å². The number of nitrogens with zero attached hydrogens (tertiary/aromatic N) is 1. The Kier molecular flexibility index (Phi) is 2.64.